The molecule has 8 aromatic carbocycles. The molecule has 0 spiro atoms. The number of hydrogen-bond donors (Lipinski definition) is 0. The van der Waals surface area contributed by atoms with Crippen molar-refractivity contribution >= 4 is 21.5 Å². The van der Waals surface area contributed by atoms with Crippen LogP contribution in [0.3, 0.4) is 0 Å². The van der Waals surface area contributed by atoms with Gasteiger partial charge in [-0.25, -0.2) is 0 Å². The molecule has 0 fully saturated rings. The molecule has 0 saturated heterocycles. The second-order valence-electron chi connectivity index (χ2n) is 11.3. The third kappa shape index (κ3) is 4.58. The second-order valence-corrected chi connectivity index (χ2v) is 11.3. The van der Waals surface area contributed by atoms with Gasteiger partial charge in [0, 0.05) is 0 Å². The van der Waals surface area contributed by atoms with Gasteiger partial charge in [0.05, 0.1) is 0 Å². The molecular formula is C44H30. The zero-order valence-electron chi connectivity index (χ0n) is 24.3. The molecular weight excluding hydrogens is 528 g/mol. The Balaban J connectivity index is 1.35. The highest BCUT2D eigenvalue weighted by molar-refractivity contribution is 6.22. The smallest absolute Gasteiger partial charge is 0.00201 e. The lowest BCUT2D eigenvalue weighted by molar-refractivity contribution is 1.58. The van der Waals surface area contributed by atoms with Crippen LogP contribution in [0.25, 0.3) is 77.2 Å². The lowest BCUT2D eigenvalue weighted by Gasteiger charge is -2.20. The Morgan fingerprint density at radius 2 is 0.591 bits per heavy atom. The summed E-state index contributed by atoms with van der Waals surface area (Å²) >= 11 is 0. The lowest BCUT2D eigenvalue weighted by atomic mass is 9.83. The van der Waals surface area contributed by atoms with Crippen LogP contribution in [-0.2, 0) is 0 Å². The third-order valence-electron chi connectivity index (χ3n) is 8.69. The van der Waals surface area contributed by atoms with Gasteiger partial charge in [-0.05, 0) is 83.2 Å². The van der Waals surface area contributed by atoms with E-state index in [9.17, 15) is 0 Å². The molecule has 0 radical (unpaired) electrons. The molecule has 0 aliphatic carbocycles. The third-order valence-corrected chi connectivity index (χ3v) is 8.69. The van der Waals surface area contributed by atoms with Crippen LogP contribution in [0.15, 0.2) is 182 Å². The summed E-state index contributed by atoms with van der Waals surface area (Å²) in [5.41, 5.74) is 12.4. The Kier molecular flexibility index (Phi) is 6.59. The van der Waals surface area contributed by atoms with E-state index >= 15 is 0 Å². The van der Waals surface area contributed by atoms with Gasteiger partial charge in [0.15, 0.2) is 0 Å². The maximum absolute atomic E-state index is 2.34. The molecule has 0 saturated carbocycles. The summed E-state index contributed by atoms with van der Waals surface area (Å²) in [7, 11) is 0. The van der Waals surface area contributed by atoms with Gasteiger partial charge in [-0.1, -0.05) is 176 Å². The Morgan fingerprint density at radius 1 is 0.205 bits per heavy atom. The molecule has 0 N–H and O–H groups in total. The van der Waals surface area contributed by atoms with Crippen LogP contribution in [0.4, 0.5) is 0 Å². The van der Waals surface area contributed by atoms with Crippen LogP contribution in [0.2, 0.25) is 0 Å². The Hall–Kier alpha value is -5.72. The number of rotatable bonds is 5. The minimum atomic E-state index is 1.22. The molecule has 206 valence electrons. The SMILES string of the molecule is c1ccc(-c2ccc(-c3ccccc3-c3c4ccccc4c(-c4cccc(-c5ccccc5)c4)c4ccccc34)cc2)cc1. The summed E-state index contributed by atoms with van der Waals surface area (Å²) in [5, 5.41) is 5.06. The van der Waals surface area contributed by atoms with Crippen molar-refractivity contribution < 1.29 is 0 Å². The fourth-order valence-electron chi connectivity index (χ4n) is 6.64. The summed E-state index contributed by atoms with van der Waals surface area (Å²) in [6.45, 7) is 0. The van der Waals surface area contributed by atoms with Crippen molar-refractivity contribution in [3.05, 3.63) is 182 Å². The normalized spacial score (nSPS) is 11.2. The van der Waals surface area contributed by atoms with E-state index in [2.05, 4.69) is 182 Å². The second kappa shape index (κ2) is 11.2. The molecule has 44 heavy (non-hydrogen) atoms. The first-order valence-electron chi connectivity index (χ1n) is 15.2. The van der Waals surface area contributed by atoms with Gasteiger partial charge in [-0.2, -0.15) is 0 Å². The van der Waals surface area contributed by atoms with Crippen molar-refractivity contribution in [2.45, 2.75) is 0 Å². The van der Waals surface area contributed by atoms with Crippen molar-refractivity contribution in [3.8, 4) is 55.6 Å². The van der Waals surface area contributed by atoms with Crippen molar-refractivity contribution in [3.63, 3.8) is 0 Å². The zero-order chi connectivity index (χ0) is 29.3. The van der Waals surface area contributed by atoms with E-state index in [1.54, 1.807) is 0 Å². The Morgan fingerprint density at radius 3 is 1.18 bits per heavy atom. The van der Waals surface area contributed by atoms with Crippen molar-refractivity contribution in [1.29, 1.82) is 0 Å². The average Bonchev–Trinajstić information content (AvgIpc) is 3.11. The summed E-state index contributed by atoms with van der Waals surface area (Å²) in [5.74, 6) is 0. The molecule has 0 aliphatic heterocycles. The van der Waals surface area contributed by atoms with E-state index in [-0.39, 0.29) is 0 Å². The standard InChI is InChI=1S/C44H30/c1-3-14-31(15-4-1)33-26-28-34(29-27-33)37-20-7-8-21-38(37)44-41-24-11-9-22-39(41)43(40-23-10-12-25-42(40)44)36-19-13-18-35(30-36)32-16-5-2-6-17-32/h1-30H. The van der Waals surface area contributed by atoms with E-state index in [1.165, 1.54) is 77.2 Å². The first-order valence-corrected chi connectivity index (χ1v) is 15.2. The quantitative estimate of drug-likeness (QED) is 0.184. The molecule has 0 heterocycles. The van der Waals surface area contributed by atoms with E-state index in [4.69, 9.17) is 0 Å². The highest BCUT2D eigenvalue weighted by Crippen LogP contribution is 2.46. The van der Waals surface area contributed by atoms with Gasteiger partial charge >= 0.3 is 0 Å². The summed E-state index contributed by atoms with van der Waals surface area (Å²) < 4.78 is 0. The van der Waals surface area contributed by atoms with Crippen LogP contribution in [0.5, 0.6) is 0 Å². The minimum Gasteiger partial charge on any atom is -0.0622 e. The summed E-state index contributed by atoms with van der Waals surface area (Å²) in [6, 6.07) is 65.9. The molecule has 0 aromatic heterocycles. The predicted molar refractivity (Wildman–Crippen MR) is 189 cm³/mol. The Labute approximate surface area is 258 Å². The maximum Gasteiger partial charge on any atom is -0.00201 e. The molecule has 0 unspecified atom stereocenters. The monoisotopic (exact) mass is 558 g/mol. The summed E-state index contributed by atoms with van der Waals surface area (Å²) in [4.78, 5) is 0. The molecule has 8 rings (SSSR count). The van der Waals surface area contributed by atoms with Crippen LogP contribution >= 0.6 is 0 Å². The van der Waals surface area contributed by atoms with Crippen LogP contribution < -0.4 is 0 Å². The van der Waals surface area contributed by atoms with Gasteiger partial charge in [0.1, 0.15) is 0 Å². The van der Waals surface area contributed by atoms with Gasteiger partial charge in [0.25, 0.3) is 0 Å². The van der Waals surface area contributed by atoms with E-state index in [1.807, 2.05) is 0 Å². The Bertz CT molecular complexity index is 2180. The molecule has 0 bridgehead atoms. The van der Waals surface area contributed by atoms with Gasteiger partial charge in [-0.3, -0.25) is 0 Å². The molecule has 8 aromatic rings. The number of hydrogen-bond acceptors (Lipinski definition) is 0. The van der Waals surface area contributed by atoms with Crippen molar-refractivity contribution in [1.82, 2.24) is 0 Å². The topological polar surface area (TPSA) is 0 Å². The maximum atomic E-state index is 2.34. The lowest BCUT2D eigenvalue weighted by Crippen LogP contribution is -1.93. The van der Waals surface area contributed by atoms with Gasteiger partial charge < -0.3 is 0 Å². The molecule has 0 nitrogen and oxygen atoms in total. The molecule has 0 amide bonds. The van der Waals surface area contributed by atoms with Crippen LogP contribution in [0, 0.1) is 0 Å². The van der Waals surface area contributed by atoms with Crippen molar-refractivity contribution in [2.75, 3.05) is 0 Å². The summed E-state index contributed by atoms with van der Waals surface area (Å²) in [6.07, 6.45) is 0. The van der Waals surface area contributed by atoms with Gasteiger partial charge in [0.2, 0.25) is 0 Å². The fourth-order valence-corrected chi connectivity index (χ4v) is 6.64. The number of fused-ring (bicyclic) bond motifs is 2. The molecule has 0 aliphatic rings. The van der Waals surface area contributed by atoms with Crippen LogP contribution in [0.1, 0.15) is 0 Å². The predicted octanol–water partition coefficient (Wildman–Crippen LogP) is 12.3. The highest BCUT2D eigenvalue weighted by Gasteiger charge is 2.19. The van der Waals surface area contributed by atoms with Crippen molar-refractivity contribution in [2.24, 2.45) is 0 Å². The first-order chi connectivity index (χ1) is 21.8. The van der Waals surface area contributed by atoms with E-state index < -0.39 is 0 Å². The molecule has 0 heteroatoms. The zero-order valence-corrected chi connectivity index (χ0v) is 24.3. The highest BCUT2D eigenvalue weighted by atomic mass is 14.2. The first kappa shape index (κ1) is 25.9. The average molecular weight is 559 g/mol. The number of benzene rings is 8. The van der Waals surface area contributed by atoms with E-state index in [0.717, 1.165) is 0 Å². The minimum absolute atomic E-state index is 1.22. The van der Waals surface area contributed by atoms with E-state index in [0.29, 0.717) is 0 Å². The van der Waals surface area contributed by atoms with Crippen LogP contribution in [-0.4, -0.2) is 0 Å². The molecule has 0 atom stereocenters. The fraction of sp³-hybridized carbons (Fsp3) is 0. The van der Waals surface area contributed by atoms with Gasteiger partial charge in [-0.15, -0.1) is 0 Å². The largest absolute Gasteiger partial charge is 0.0622 e.